The second-order valence-corrected chi connectivity index (χ2v) is 10.4. The van der Waals surface area contributed by atoms with E-state index in [0.717, 1.165) is 10.5 Å². The molecular weight excluding hydrogens is 548 g/mol. The van der Waals surface area contributed by atoms with Gasteiger partial charge < -0.3 is 23.8 Å². The molecule has 0 aromatic heterocycles. The lowest BCUT2D eigenvalue weighted by Crippen LogP contribution is -2.70. The maximum Gasteiger partial charge on any atom is 0.508 e. The van der Waals surface area contributed by atoms with Gasteiger partial charge in [-0.05, 0) is 25.0 Å². The van der Waals surface area contributed by atoms with Gasteiger partial charge >= 0.3 is 28.5 Å². The van der Waals surface area contributed by atoms with Crippen molar-refractivity contribution in [2.24, 2.45) is 5.92 Å². The quantitative estimate of drug-likeness (QED) is 0.180. The molecule has 0 spiro atoms. The molecule has 1 fully saturated rings. The van der Waals surface area contributed by atoms with Crippen molar-refractivity contribution >= 4 is 34.4 Å². The molecular formula is C26H30N2O11S. The van der Waals surface area contributed by atoms with E-state index in [4.69, 9.17) is 18.9 Å². The number of rotatable bonds is 11. The lowest BCUT2D eigenvalue weighted by Gasteiger charge is -2.48. The molecule has 3 rings (SSSR count). The number of esters is 1. The van der Waals surface area contributed by atoms with Crippen LogP contribution in [-0.2, 0) is 52.1 Å². The van der Waals surface area contributed by atoms with Crippen LogP contribution in [0.25, 0.3) is 0 Å². The van der Waals surface area contributed by atoms with Crippen molar-refractivity contribution in [2.75, 3.05) is 13.6 Å². The number of hydrogen-bond acceptors (Lipinski definition) is 10. The van der Waals surface area contributed by atoms with Gasteiger partial charge in [0.05, 0.1) is 0 Å². The zero-order valence-corrected chi connectivity index (χ0v) is 22.9. The van der Waals surface area contributed by atoms with Crippen LogP contribution in [0.3, 0.4) is 0 Å². The fourth-order valence-electron chi connectivity index (χ4n) is 4.07. The summed E-state index contributed by atoms with van der Waals surface area (Å²) in [5.74, 6) is -3.06. The molecule has 1 saturated heterocycles. The number of likely N-dealkylation sites (N-methyl/N-ethyl adjacent to an activating group) is 1. The second-order valence-electron chi connectivity index (χ2n) is 9.07. The maximum absolute atomic E-state index is 12.6. The Bertz CT molecular complexity index is 1300. The molecule has 0 saturated carbocycles. The zero-order chi connectivity index (χ0) is 29.4. The minimum atomic E-state index is -5.03. The largest absolute Gasteiger partial charge is 0.508 e. The van der Waals surface area contributed by atoms with Gasteiger partial charge in [-0.2, -0.15) is 8.42 Å². The first-order chi connectivity index (χ1) is 18.9. The lowest BCUT2D eigenvalue weighted by atomic mass is 9.83. The van der Waals surface area contributed by atoms with E-state index in [0.29, 0.717) is 5.56 Å². The molecule has 2 aromatic carbocycles. The molecule has 1 N–H and O–H groups in total. The first-order valence-electron chi connectivity index (χ1n) is 12.2. The van der Waals surface area contributed by atoms with Gasteiger partial charge in [-0.15, -0.1) is 0 Å². The first-order valence-corrected chi connectivity index (χ1v) is 13.6. The third-order valence-corrected chi connectivity index (χ3v) is 6.99. The summed E-state index contributed by atoms with van der Waals surface area (Å²) < 4.78 is 54.0. The normalized spacial score (nSPS) is 18.1. The predicted octanol–water partition coefficient (Wildman–Crippen LogP) is 2.56. The van der Waals surface area contributed by atoms with Gasteiger partial charge in [0.25, 0.3) is 0 Å². The first kappa shape index (κ1) is 30.4. The number of carbonyl (C=O) groups is 4. The molecule has 1 heterocycles. The summed E-state index contributed by atoms with van der Waals surface area (Å²) in [7, 11) is -3.77. The molecule has 0 aliphatic carbocycles. The molecule has 0 unspecified atom stereocenters. The number of nitrogens with zero attached hydrogens (tertiary/aromatic N) is 2. The van der Waals surface area contributed by atoms with Crippen LogP contribution in [0.2, 0.25) is 0 Å². The Hall–Kier alpha value is -4.17. The summed E-state index contributed by atoms with van der Waals surface area (Å²) in [6.45, 7) is 2.06. The van der Waals surface area contributed by atoms with Gasteiger partial charge in [-0.25, -0.2) is 13.9 Å². The number of benzene rings is 2. The molecule has 1 aliphatic rings. The summed E-state index contributed by atoms with van der Waals surface area (Å²) in [5.41, 5.74) is 1.44. The highest BCUT2D eigenvalue weighted by Gasteiger charge is 2.59. The molecule has 216 valence electrons. The van der Waals surface area contributed by atoms with E-state index < -0.39 is 65.1 Å². The molecule has 40 heavy (non-hydrogen) atoms. The van der Waals surface area contributed by atoms with Crippen LogP contribution in [0.1, 0.15) is 25.0 Å². The highest BCUT2D eigenvalue weighted by molar-refractivity contribution is 7.84. The number of ether oxygens (including phenoxy) is 4. The van der Waals surface area contributed by atoms with Crippen LogP contribution < -0.4 is 0 Å². The van der Waals surface area contributed by atoms with Crippen molar-refractivity contribution in [3.05, 3.63) is 71.8 Å². The van der Waals surface area contributed by atoms with Crippen LogP contribution in [-0.4, -0.2) is 78.1 Å². The molecule has 13 nitrogen and oxygen atoms in total. The third-order valence-electron chi connectivity index (χ3n) is 6.07. The number of amides is 2. The molecule has 0 radical (unpaired) electrons. The average molecular weight is 579 g/mol. The molecule has 2 amide bonds. The molecule has 4 atom stereocenters. The van der Waals surface area contributed by atoms with Crippen LogP contribution in [0.4, 0.5) is 9.59 Å². The van der Waals surface area contributed by atoms with E-state index in [1.54, 1.807) is 54.6 Å². The monoisotopic (exact) mass is 578 g/mol. The fraction of sp³-hybridized carbons (Fsp3) is 0.385. The Labute approximate surface area is 231 Å². The number of β-lactam (4-membered cyclic amide) rings is 1. The summed E-state index contributed by atoms with van der Waals surface area (Å²) in [6.07, 6.45) is -4.63. The SMILES string of the molecule is C[C@H](OC(=O)N(C)CC(=O)OCc1ccccc1)[C@@H]1[C@@H]([C@@H](C)OC(=O)OCc2ccccc2)C(=O)N1S(=O)(=O)O. The smallest absolute Gasteiger partial charge is 0.459 e. The van der Waals surface area contributed by atoms with Crippen LogP contribution in [0.5, 0.6) is 0 Å². The Balaban J connectivity index is 1.58. The van der Waals surface area contributed by atoms with E-state index in [1.807, 2.05) is 6.07 Å². The number of hydrogen-bond donors (Lipinski definition) is 1. The van der Waals surface area contributed by atoms with E-state index >= 15 is 0 Å². The Morgan fingerprint density at radius 2 is 1.43 bits per heavy atom. The van der Waals surface area contributed by atoms with Crippen LogP contribution in [0.15, 0.2) is 60.7 Å². The van der Waals surface area contributed by atoms with E-state index in [-0.39, 0.29) is 17.5 Å². The molecule has 1 aliphatic heterocycles. The fourth-order valence-corrected chi connectivity index (χ4v) is 5.03. The third kappa shape index (κ3) is 7.93. The lowest BCUT2D eigenvalue weighted by molar-refractivity contribution is -0.162. The summed E-state index contributed by atoms with van der Waals surface area (Å²) in [5, 5.41) is 0. The highest BCUT2D eigenvalue weighted by atomic mass is 32.2. The highest BCUT2D eigenvalue weighted by Crippen LogP contribution is 2.36. The van der Waals surface area contributed by atoms with E-state index in [2.05, 4.69) is 0 Å². The maximum atomic E-state index is 12.6. The molecule has 14 heteroatoms. The van der Waals surface area contributed by atoms with Gasteiger partial charge in [-0.1, -0.05) is 60.7 Å². The van der Waals surface area contributed by atoms with Crippen molar-refractivity contribution in [1.29, 1.82) is 0 Å². The van der Waals surface area contributed by atoms with E-state index in [1.165, 1.54) is 20.9 Å². The topological polar surface area (TPSA) is 166 Å². The minimum Gasteiger partial charge on any atom is -0.459 e. The molecule has 0 bridgehead atoms. The van der Waals surface area contributed by atoms with Crippen molar-refractivity contribution in [3.63, 3.8) is 0 Å². The van der Waals surface area contributed by atoms with Gasteiger partial charge in [0.15, 0.2) is 0 Å². The summed E-state index contributed by atoms with van der Waals surface area (Å²) >= 11 is 0. The van der Waals surface area contributed by atoms with Gasteiger partial charge in [-0.3, -0.25) is 14.1 Å². The van der Waals surface area contributed by atoms with E-state index in [9.17, 15) is 32.1 Å². The number of carbonyl (C=O) groups excluding carboxylic acids is 4. The van der Waals surface area contributed by atoms with Crippen molar-refractivity contribution in [3.8, 4) is 0 Å². The van der Waals surface area contributed by atoms with Crippen molar-refractivity contribution in [1.82, 2.24) is 9.21 Å². The Morgan fingerprint density at radius 3 is 1.95 bits per heavy atom. The zero-order valence-electron chi connectivity index (χ0n) is 22.0. The Kier molecular flexibility index (Phi) is 10.1. The Morgan fingerprint density at radius 1 is 0.900 bits per heavy atom. The van der Waals surface area contributed by atoms with Gasteiger partial charge in [0.2, 0.25) is 5.91 Å². The second kappa shape index (κ2) is 13.3. The average Bonchev–Trinajstić information content (AvgIpc) is 2.89. The summed E-state index contributed by atoms with van der Waals surface area (Å²) in [6, 6.07) is 16.2. The summed E-state index contributed by atoms with van der Waals surface area (Å²) in [4.78, 5) is 50.4. The van der Waals surface area contributed by atoms with Crippen LogP contribution >= 0.6 is 0 Å². The molecule has 2 aromatic rings. The predicted molar refractivity (Wildman–Crippen MR) is 138 cm³/mol. The van der Waals surface area contributed by atoms with Gasteiger partial charge in [0.1, 0.15) is 43.9 Å². The van der Waals surface area contributed by atoms with Gasteiger partial charge in [0, 0.05) is 7.05 Å². The minimum absolute atomic E-state index is 0.000178. The van der Waals surface area contributed by atoms with Crippen molar-refractivity contribution in [2.45, 2.75) is 45.3 Å². The van der Waals surface area contributed by atoms with Crippen molar-refractivity contribution < 1.29 is 51.1 Å². The standard InChI is InChI=1S/C26H30N2O11S/c1-17(39-26(32)37-16-20-12-8-5-9-13-20)22-23(28(24(22)30)40(33,34)35)18(2)38-25(31)27(3)14-21(29)36-15-19-10-6-4-7-11-19/h4-13,17-18,22-23H,14-16H2,1-3H3,(H,33,34,35)/t17-,18+,22-,23-/m1/s1. The van der Waals surface area contributed by atoms with Crippen LogP contribution in [0, 0.1) is 5.92 Å².